The van der Waals surface area contributed by atoms with E-state index in [1.54, 1.807) is 0 Å². The molecule has 1 aliphatic rings. The molecule has 0 bridgehead atoms. The number of aliphatic carboxylic acids is 1. The van der Waals surface area contributed by atoms with E-state index in [1.807, 2.05) is 32.0 Å². The zero-order valence-electron chi connectivity index (χ0n) is 10.3. The van der Waals surface area contributed by atoms with Crippen LogP contribution in [-0.2, 0) is 4.79 Å². The summed E-state index contributed by atoms with van der Waals surface area (Å²) >= 11 is 0. The van der Waals surface area contributed by atoms with Crippen LogP contribution in [0.1, 0.15) is 30.4 Å². The van der Waals surface area contributed by atoms with Gasteiger partial charge in [-0.3, -0.25) is 4.79 Å². The highest BCUT2D eigenvalue weighted by atomic mass is 16.5. The van der Waals surface area contributed by atoms with Crippen LogP contribution in [-0.4, -0.2) is 17.2 Å². The minimum atomic E-state index is -0.738. The van der Waals surface area contributed by atoms with Gasteiger partial charge in [0.15, 0.2) is 0 Å². The van der Waals surface area contributed by atoms with Crippen molar-refractivity contribution >= 4 is 5.97 Å². The lowest BCUT2D eigenvalue weighted by atomic mass is 10.1. The first-order chi connectivity index (χ1) is 8.09. The largest absolute Gasteiger partial charge is 0.489 e. The number of aryl methyl sites for hydroxylation is 1. The molecule has 0 saturated heterocycles. The van der Waals surface area contributed by atoms with Gasteiger partial charge in [-0.2, -0.15) is 0 Å². The van der Waals surface area contributed by atoms with Crippen LogP contribution in [0.25, 0.3) is 0 Å². The molecule has 17 heavy (non-hydrogen) atoms. The number of hydrogen-bond donors (Lipinski definition) is 1. The van der Waals surface area contributed by atoms with Crippen LogP contribution in [0, 0.1) is 19.8 Å². The van der Waals surface area contributed by atoms with E-state index < -0.39 is 5.97 Å². The smallest absolute Gasteiger partial charge is 0.310 e. The van der Waals surface area contributed by atoms with E-state index in [9.17, 15) is 4.79 Å². The van der Waals surface area contributed by atoms with Crippen LogP contribution in [0.5, 0.6) is 5.75 Å². The number of carboxylic acid groups (broad SMARTS) is 1. The summed E-state index contributed by atoms with van der Waals surface area (Å²) < 4.78 is 5.88. The minimum absolute atomic E-state index is 0.173. The average molecular weight is 234 g/mol. The van der Waals surface area contributed by atoms with Crippen molar-refractivity contribution in [1.82, 2.24) is 0 Å². The van der Waals surface area contributed by atoms with Crippen LogP contribution < -0.4 is 4.74 Å². The van der Waals surface area contributed by atoms with E-state index in [-0.39, 0.29) is 12.0 Å². The number of benzene rings is 1. The second-order valence-corrected chi connectivity index (χ2v) is 4.73. The van der Waals surface area contributed by atoms with Gasteiger partial charge in [0.1, 0.15) is 11.9 Å². The Balaban J connectivity index is 2.15. The van der Waals surface area contributed by atoms with E-state index in [0.29, 0.717) is 0 Å². The summed E-state index contributed by atoms with van der Waals surface area (Å²) in [5, 5.41) is 9.11. The maximum absolute atomic E-state index is 11.1. The van der Waals surface area contributed by atoms with Gasteiger partial charge < -0.3 is 9.84 Å². The summed E-state index contributed by atoms with van der Waals surface area (Å²) in [6.45, 7) is 4.04. The molecule has 1 saturated carbocycles. The van der Waals surface area contributed by atoms with Gasteiger partial charge in [-0.1, -0.05) is 12.1 Å². The molecule has 0 radical (unpaired) electrons. The highest BCUT2D eigenvalue weighted by Gasteiger charge is 2.34. The quantitative estimate of drug-likeness (QED) is 0.874. The molecule has 2 rings (SSSR count). The molecule has 2 unspecified atom stereocenters. The van der Waals surface area contributed by atoms with Gasteiger partial charge in [-0.15, -0.1) is 0 Å². The van der Waals surface area contributed by atoms with Crippen molar-refractivity contribution in [3.8, 4) is 5.75 Å². The summed E-state index contributed by atoms with van der Waals surface area (Å²) in [7, 11) is 0. The van der Waals surface area contributed by atoms with Crippen molar-refractivity contribution in [2.45, 2.75) is 39.2 Å². The lowest BCUT2D eigenvalue weighted by Gasteiger charge is -2.20. The van der Waals surface area contributed by atoms with Crippen LogP contribution in [0.15, 0.2) is 18.2 Å². The van der Waals surface area contributed by atoms with Crippen LogP contribution in [0.3, 0.4) is 0 Å². The summed E-state index contributed by atoms with van der Waals surface area (Å²) in [6.07, 6.45) is 2.33. The fourth-order valence-electron chi connectivity index (χ4n) is 2.36. The third kappa shape index (κ3) is 2.43. The molecule has 1 aliphatic carbocycles. The Morgan fingerprint density at radius 3 is 2.82 bits per heavy atom. The number of carbonyl (C=O) groups is 1. The van der Waals surface area contributed by atoms with Gasteiger partial charge in [-0.05, 0) is 50.3 Å². The summed E-state index contributed by atoms with van der Waals surface area (Å²) in [5.41, 5.74) is 2.27. The van der Waals surface area contributed by atoms with E-state index in [1.165, 1.54) is 5.56 Å². The fraction of sp³-hybridized carbons (Fsp3) is 0.500. The molecule has 1 aromatic carbocycles. The molecule has 0 spiro atoms. The first kappa shape index (κ1) is 12.0. The van der Waals surface area contributed by atoms with Crippen molar-refractivity contribution < 1.29 is 14.6 Å². The van der Waals surface area contributed by atoms with Crippen LogP contribution in [0.4, 0.5) is 0 Å². The molecule has 3 heteroatoms. The molecule has 1 fully saturated rings. The Hall–Kier alpha value is -1.51. The third-order valence-electron chi connectivity index (χ3n) is 3.60. The predicted octanol–water partition coefficient (Wildman–Crippen LogP) is 2.94. The Kier molecular flexibility index (Phi) is 3.36. The first-order valence-corrected chi connectivity index (χ1v) is 6.05. The van der Waals surface area contributed by atoms with Gasteiger partial charge in [-0.25, -0.2) is 0 Å². The summed E-state index contributed by atoms with van der Waals surface area (Å²) in [4.78, 5) is 11.1. The molecule has 0 heterocycles. The number of carboxylic acids is 1. The second-order valence-electron chi connectivity index (χ2n) is 4.73. The van der Waals surface area contributed by atoms with Gasteiger partial charge in [0.2, 0.25) is 0 Å². The normalized spacial score (nSPS) is 23.6. The Labute approximate surface area is 101 Å². The fourth-order valence-corrected chi connectivity index (χ4v) is 2.36. The van der Waals surface area contributed by atoms with Crippen LogP contribution >= 0.6 is 0 Å². The van der Waals surface area contributed by atoms with E-state index in [4.69, 9.17) is 9.84 Å². The van der Waals surface area contributed by atoms with Gasteiger partial charge in [0.05, 0.1) is 5.92 Å². The standard InChI is InChI=1S/C14H18O3/c1-9-5-3-7-12(10(9)2)17-13-8-4-6-11(13)14(15)16/h3,5,7,11,13H,4,6,8H2,1-2H3,(H,15,16). The number of hydrogen-bond acceptors (Lipinski definition) is 2. The molecular weight excluding hydrogens is 216 g/mol. The van der Waals surface area contributed by atoms with Gasteiger partial charge >= 0.3 is 5.97 Å². The Bertz CT molecular complexity index is 425. The topological polar surface area (TPSA) is 46.5 Å². The average Bonchev–Trinajstić information content (AvgIpc) is 2.73. The molecule has 3 nitrogen and oxygen atoms in total. The molecule has 1 aromatic rings. The van der Waals surface area contributed by atoms with Gasteiger partial charge in [0.25, 0.3) is 0 Å². The maximum Gasteiger partial charge on any atom is 0.310 e. The summed E-state index contributed by atoms with van der Waals surface area (Å²) in [6, 6.07) is 5.90. The van der Waals surface area contributed by atoms with Crippen LogP contribution in [0.2, 0.25) is 0 Å². The Morgan fingerprint density at radius 1 is 1.35 bits per heavy atom. The second kappa shape index (κ2) is 4.78. The first-order valence-electron chi connectivity index (χ1n) is 6.05. The lowest BCUT2D eigenvalue weighted by molar-refractivity contribution is -0.144. The zero-order chi connectivity index (χ0) is 12.4. The van der Waals surface area contributed by atoms with E-state index in [0.717, 1.165) is 30.6 Å². The molecule has 1 N–H and O–H groups in total. The number of ether oxygens (including phenoxy) is 1. The predicted molar refractivity (Wildman–Crippen MR) is 65.3 cm³/mol. The minimum Gasteiger partial charge on any atom is -0.489 e. The van der Waals surface area contributed by atoms with Crippen molar-refractivity contribution in [1.29, 1.82) is 0 Å². The van der Waals surface area contributed by atoms with E-state index >= 15 is 0 Å². The van der Waals surface area contributed by atoms with Crippen molar-refractivity contribution in [3.05, 3.63) is 29.3 Å². The third-order valence-corrected chi connectivity index (χ3v) is 3.60. The van der Waals surface area contributed by atoms with Crippen molar-refractivity contribution in [2.75, 3.05) is 0 Å². The van der Waals surface area contributed by atoms with Gasteiger partial charge in [0, 0.05) is 0 Å². The molecule has 0 amide bonds. The SMILES string of the molecule is Cc1cccc(OC2CCCC2C(=O)O)c1C. The summed E-state index contributed by atoms with van der Waals surface area (Å²) in [5.74, 6) is -0.268. The molecule has 2 atom stereocenters. The molecule has 0 aromatic heterocycles. The molecular formula is C14H18O3. The highest BCUT2D eigenvalue weighted by molar-refractivity contribution is 5.71. The van der Waals surface area contributed by atoms with Crippen molar-refractivity contribution in [3.63, 3.8) is 0 Å². The highest BCUT2D eigenvalue weighted by Crippen LogP contribution is 2.31. The zero-order valence-corrected chi connectivity index (χ0v) is 10.3. The Morgan fingerprint density at radius 2 is 2.12 bits per heavy atom. The maximum atomic E-state index is 11.1. The monoisotopic (exact) mass is 234 g/mol. The van der Waals surface area contributed by atoms with Crippen molar-refractivity contribution in [2.24, 2.45) is 5.92 Å². The molecule has 0 aliphatic heterocycles. The lowest BCUT2D eigenvalue weighted by Crippen LogP contribution is -2.28. The number of rotatable bonds is 3. The van der Waals surface area contributed by atoms with E-state index in [2.05, 4.69) is 0 Å². The molecule has 92 valence electrons.